The van der Waals surface area contributed by atoms with Crippen LogP contribution in [0.25, 0.3) is 0 Å². The van der Waals surface area contributed by atoms with E-state index in [1.54, 1.807) is 0 Å². The van der Waals surface area contributed by atoms with Gasteiger partial charge in [0, 0.05) is 12.6 Å². The third-order valence-corrected chi connectivity index (χ3v) is 3.51. The van der Waals surface area contributed by atoms with Gasteiger partial charge in [0.2, 0.25) is 0 Å². The van der Waals surface area contributed by atoms with Crippen molar-refractivity contribution in [3.63, 3.8) is 0 Å². The molecule has 0 spiro atoms. The monoisotopic (exact) mass is 240 g/mol. The van der Waals surface area contributed by atoms with Gasteiger partial charge >= 0.3 is 6.09 Å². The summed E-state index contributed by atoms with van der Waals surface area (Å²) in [7, 11) is 0. The fraction of sp³-hybridized carbons (Fsp3) is 0.923. The highest BCUT2D eigenvalue weighted by Crippen LogP contribution is 2.26. The van der Waals surface area contributed by atoms with Gasteiger partial charge < -0.3 is 15.0 Å². The quantitative estimate of drug-likeness (QED) is 0.705. The van der Waals surface area contributed by atoms with Crippen LogP contribution in [0, 0.1) is 0 Å². The first kappa shape index (κ1) is 12.7. The molecule has 17 heavy (non-hydrogen) atoms. The van der Waals surface area contributed by atoms with E-state index >= 15 is 0 Å². The maximum Gasteiger partial charge on any atom is 0.410 e. The lowest BCUT2D eigenvalue weighted by atomic mass is 10.1. The predicted octanol–water partition coefficient (Wildman–Crippen LogP) is 2.14. The Bertz CT molecular complexity index is 286. The maximum absolute atomic E-state index is 12.1. The molecule has 2 heterocycles. The number of ether oxygens (including phenoxy) is 1. The summed E-state index contributed by atoms with van der Waals surface area (Å²) in [5, 5.41) is 3.54. The number of hydrogen-bond acceptors (Lipinski definition) is 3. The fourth-order valence-electron chi connectivity index (χ4n) is 2.76. The van der Waals surface area contributed by atoms with Gasteiger partial charge in [0.1, 0.15) is 5.60 Å². The minimum Gasteiger partial charge on any atom is -0.444 e. The molecule has 2 unspecified atom stereocenters. The topological polar surface area (TPSA) is 41.6 Å². The number of nitrogens with zero attached hydrogens (tertiary/aromatic N) is 1. The molecular formula is C13H24N2O2. The minimum absolute atomic E-state index is 0.145. The first-order valence-corrected chi connectivity index (χ1v) is 6.70. The molecule has 1 N–H and O–H groups in total. The second kappa shape index (κ2) is 4.84. The summed E-state index contributed by atoms with van der Waals surface area (Å²) in [5.41, 5.74) is -0.396. The van der Waals surface area contributed by atoms with Gasteiger partial charge in [0.25, 0.3) is 0 Å². The molecular weight excluding hydrogens is 216 g/mol. The number of hydrogen-bond donors (Lipinski definition) is 1. The predicted molar refractivity (Wildman–Crippen MR) is 67.0 cm³/mol. The average molecular weight is 240 g/mol. The van der Waals surface area contributed by atoms with Crippen LogP contribution in [0.15, 0.2) is 0 Å². The molecule has 0 bridgehead atoms. The lowest BCUT2D eigenvalue weighted by Gasteiger charge is -2.29. The standard InChI is InChI=1S/C13H24N2O2/c1-13(2,3)17-12(16)15-9-7-10-11(15)6-4-5-8-14-10/h10-11,14H,4-9H2,1-3H3. The van der Waals surface area contributed by atoms with Crippen molar-refractivity contribution < 1.29 is 9.53 Å². The summed E-state index contributed by atoms with van der Waals surface area (Å²) in [6.07, 6.45) is 4.44. The number of rotatable bonds is 0. The Kier molecular flexibility index (Phi) is 3.61. The van der Waals surface area contributed by atoms with Crippen LogP contribution >= 0.6 is 0 Å². The van der Waals surface area contributed by atoms with Crippen LogP contribution in [0.3, 0.4) is 0 Å². The van der Waals surface area contributed by atoms with Crippen LogP contribution < -0.4 is 5.32 Å². The molecule has 0 aromatic carbocycles. The van der Waals surface area contributed by atoms with E-state index in [1.165, 1.54) is 12.8 Å². The molecule has 4 heteroatoms. The third-order valence-electron chi connectivity index (χ3n) is 3.51. The van der Waals surface area contributed by atoms with Gasteiger partial charge in [-0.05, 0) is 46.6 Å². The van der Waals surface area contributed by atoms with Crippen LogP contribution in [0.4, 0.5) is 4.79 Å². The van der Waals surface area contributed by atoms with Crippen molar-refractivity contribution in [1.82, 2.24) is 10.2 Å². The van der Waals surface area contributed by atoms with Gasteiger partial charge in [0.05, 0.1) is 6.04 Å². The zero-order chi connectivity index (χ0) is 12.5. The van der Waals surface area contributed by atoms with E-state index in [9.17, 15) is 4.79 Å². The van der Waals surface area contributed by atoms with Crippen molar-refractivity contribution in [3.8, 4) is 0 Å². The molecule has 2 atom stereocenters. The van der Waals surface area contributed by atoms with Gasteiger partial charge in [-0.3, -0.25) is 0 Å². The van der Waals surface area contributed by atoms with Crippen molar-refractivity contribution in [2.24, 2.45) is 0 Å². The summed E-state index contributed by atoms with van der Waals surface area (Å²) in [5.74, 6) is 0. The van der Waals surface area contributed by atoms with Gasteiger partial charge in [0.15, 0.2) is 0 Å². The molecule has 0 aliphatic carbocycles. The molecule has 1 amide bonds. The molecule has 0 aromatic rings. The normalized spacial score (nSPS) is 29.7. The van der Waals surface area contributed by atoms with E-state index < -0.39 is 5.60 Å². The second-order valence-corrected chi connectivity index (χ2v) is 6.09. The summed E-state index contributed by atoms with van der Waals surface area (Å²) in [4.78, 5) is 14.0. The van der Waals surface area contributed by atoms with E-state index in [1.807, 2.05) is 25.7 Å². The van der Waals surface area contributed by atoms with Crippen molar-refractivity contribution in [2.75, 3.05) is 13.1 Å². The van der Waals surface area contributed by atoms with Gasteiger partial charge in [-0.15, -0.1) is 0 Å². The Labute approximate surface area is 104 Å². The Morgan fingerprint density at radius 3 is 2.76 bits per heavy atom. The molecule has 2 aliphatic rings. The number of fused-ring (bicyclic) bond motifs is 1. The first-order chi connectivity index (χ1) is 7.97. The van der Waals surface area contributed by atoms with E-state index in [0.717, 1.165) is 25.9 Å². The zero-order valence-corrected chi connectivity index (χ0v) is 11.2. The third kappa shape index (κ3) is 3.12. The molecule has 0 radical (unpaired) electrons. The Morgan fingerprint density at radius 2 is 2.06 bits per heavy atom. The Balaban J connectivity index is 1.99. The largest absolute Gasteiger partial charge is 0.444 e. The number of amides is 1. The number of likely N-dealkylation sites (tertiary alicyclic amines) is 1. The SMILES string of the molecule is CC(C)(C)OC(=O)N1CCC2NCCCCC21. The first-order valence-electron chi connectivity index (χ1n) is 6.70. The molecule has 4 nitrogen and oxygen atoms in total. The highest BCUT2D eigenvalue weighted by atomic mass is 16.6. The molecule has 2 saturated heterocycles. The van der Waals surface area contributed by atoms with Gasteiger partial charge in [-0.1, -0.05) is 6.42 Å². The molecule has 2 fully saturated rings. The number of carbonyl (C=O) groups excluding carboxylic acids is 1. The lowest BCUT2D eigenvalue weighted by Crippen LogP contribution is -2.45. The van der Waals surface area contributed by atoms with Crippen LogP contribution in [-0.2, 0) is 4.74 Å². The molecule has 2 aliphatic heterocycles. The van der Waals surface area contributed by atoms with Crippen molar-refractivity contribution in [3.05, 3.63) is 0 Å². The van der Waals surface area contributed by atoms with Crippen molar-refractivity contribution in [1.29, 1.82) is 0 Å². The van der Waals surface area contributed by atoms with Crippen molar-refractivity contribution >= 4 is 6.09 Å². The average Bonchev–Trinajstić information content (AvgIpc) is 2.46. The molecule has 0 saturated carbocycles. The van der Waals surface area contributed by atoms with E-state index in [-0.39, 0.29) is 6.09 Å². The van der Waals surface area contributed by atoms with E-state index in [2.05, 4.69) is 5.32 Å². The molecule has 2 rings (SSSR count). The Morgan fingerprint density at radius 1 is 1.29 bits per heavy atom. The van der Waals surface area contributed by atoms with Gasteiger partial charge in [-0.2, -0.15) is 0 Å². The summed E-state index contributed by atoms with van der Waals surface area (Å²) >= 11 is 0. The lowest BCUT2D eigenvalue weighted by molar-refractivity contribution is 0.0212. The maximum atomic E-state index is 12.1. The van der Waals surface area contributed by atoms with Gasteiger partial charge in [-0.25, -0.2) is 4.79 Å². The smallest absolute Gasteiger partial charge is 0.410 e. The second-order valence-electron chi connectivity index (χ2n) is 6.09. The highest BCUT2D eigenvalue weighted by Gasteiger charge is 2.39. The Hall–Kier alpha value is -0.770. The summed E-state index contributed by atoms with van der Waals surface area (Å²) in [6.45, 7) is 7.68. The fourth-order valence-corrected chi connectivity index (χ4v) is 2.76. The summed E-state index contributed by atoms with van der Waals surface area (Å²) in [6, 6.07) is 0.817. The van der Waals surface area contributed by atoms with Crippen molar-refractivity contribution in [2.45, 2.75) is 64.1 Å². The van der Waals surface area contributed by atoms with Crippen LogP contribution in [0.5, 0.6) is 0 Å². The summed E-state index contributed by atoms with van der Waals surface area (Å²) < 4.78 is 5.47. The van der Waals surface area contributed by atoms with Crippen LogP contribution in [0.1, 0.15) is 46.5 Å². The van der Waals surface area contributed by atoms with E-state index in [4.69, 9.17) is 4.74 Å². The van der Waals surface area contributed by atoms with Crippen LogP contribution in [0.2, 0.25) is 0 Å². The minimum atomic E-state index is -0.396. The zero-order valence-electron chi connectivity index (χ0n) is 11.2. The highest BCUT2D eigenvalue weighted by molar-refractivity contribution is 5.69. The number of nitrogens with one attached hydrogen (secondary N) is 1. The van der Waals surface area contributed by atoms with E-state index in [0.29, 0.717) is 12.1 Å². The van der Waals surface area contributed by atoms with Crippen LogP contribution in [-0.4, -0.2) is 41.8 Å². The number of carbonyl (C=O) groups is 1. The molecule has 98 valence electrons. The molecule has 0 aromatic heterocycles.